The van der Waals surface area contributed by atoms with Crippen LogP contribution in [0.1, 0.15) is 99.8 Å². The number of hydrogen-bond acceptors (Lipinski definition) is 7. The highest BCUT2D eigenvalue weighted by atomic mass is 16.7. The number of hydrogen-bond donors (Lipinski definition) is 3. The van der Waals surface area contributed by atoms with E-state index in [-0.39, 0.29) is 36.8 Å². The molecule has 0 spiro atoms. The molecule has 0 amide bonds. The highest BCUT2D eigenvalue weighted by Crippen LogP contribution is 2.40. The van der Waals surface area contributed by atoms with Crippen LogP contribution in [0.4, 0.5) is 0 Å². The number of aliphatic hydroxyl groups excluding tert-OH is 2. The molecule has 5 unspecified atom stereocenters. The molecule has 2 heterocycles. The second-order valence-electron chi connectivity index (χ2n) is 12.3. The molecule has 1 aliphatic carbocycles. The summed E-state index contributed by atoms with van der Waals surface area (Å²) in [4.78, 5) is 0. The van der Waals surface area contributed by atoms with Crippen LogP contribution in [0.25, 0.3) is 0 Å². The van der Waals surface area contributed by atoms with Crippen molar-refractivity contribution in [1.82, 2.24) is 0 Å². The molecule has 3 fully saturated rings. The molecule has 212 valence electrons. The van der Waals surface area contributed by atoms with Gasteiger partial charge in [-0.3, -0.25) is 0 Å². The van der Waals surface area contributed by atoms with Crippen molar-refractivity contribution in [3.63, 3.8) is 0 Å². The topological polar surface area (TPSA) is 97.6 Å². The summed E-state index contributed by atoms with van der Waals surface area (Å²) in [5, 5.41) is 33.1. The molecule has 7 heteroatoms. The fourth-order valence-electron chi connectivity index (χ4n) is 6.71. The van der Waals surface area contributed by atoms with Gasteiger partial charge >= 0.3 is 0 Å². The third-order valence-corrected chi connectivity index (χ3v) is 9.31. The zero-order valence-electron chi connectivity index (χ0n) is 23.8. The van der Waals surface area contributed by atoms with Crippen LogP contribution in [0.3, 0.4) is 0 Å². The van der Waals surface area contributed by atoms with Crippen LogP contribution >= 0.6 is 0 Å². The fourth-order valence-corrected chi connectivity index (χ4v) is 6.71. The molecule has 0 aromatic carbocycles. The Labute approximate surface area is 219 Å². The molecular formula is C29H54O7. The first-order valence-electron chi connectivity index (χ1n) is 14.7. The monoisotopic (exact) mass is 514 g/mol. The van der Waals surface area contributed by atoms with Gasteiger partial charge in [0.25, 0.3) is 0 Å². The van der Waals surface area contributed by atoms with Gasteiger partial charge in [-0.05, 0) is 56.8 Å². The van der Waals surface area contributed by atoms with Gasteiger partial charge in [-0.2, -0.15) is 0 Å². The van der Waals surface area contributed by atoms with Crippen LogP contribution in [0.5, 0.6) is 0 Å². The lowest BCUT2D eigenvalue weighted by Gasteiger charge is -2.49. The van der Waals surface area contributed by atoms with Gasteiger partial charge in [-0.15, -0.1) is 0 Å². The van der Waals surface area contributed by atoms with Crippen molar-refractivity contribution in [2.24, 2.45) is 29.6 Å². The first kappa shape index (κ1) is 30.3. The molecule has 3 N–H and O–H groups in total. The Morgan fingerprint density at radius 1 is 0.972 bits per heavy atom. The molecule has 0 aromatic rings. The van der Waals surface area contributed by atoms with Crippen molar-refractivity contribution in [2.75, 3.05) is 6.61 Å². The lowest BCUT2D eigenvalue weighted by molar-refractivity contribution is -0.325. The molecular weight excluding hydrogens is 460 g/mol. The maximum absolute atomic E-state index is 11.5. The van der Waals surface area contributed by atoms with Crippen molar-refractivity contribution in [3.05, 3.63) is 0 Å². The number of aliphatic hydroxyl groups is 3. The summed E-state index contributed by atoms with van der Waals surface area (Å²) in [6.07, 6.45) is 4.24. The van der Waals surface area contributed by atoms with Crippen molar-refractivity contribution in [2.45, 2.75) is 149 Å². The van der Waals surface area contributed by atoms with Gasteiger partial charge in [-0.1, -0.05) is 60.8 Å². The number of ether oxygens (including phenoxy) is 4. The quantitative estimate of drug-likeness (QED) is 0.390. The van der Waals surface area contributed by atoms with Gasteiger partial charge in [0.2, 0.25) is 0 Å². The Balaban J connectivity index is 1.72. The molecule has 0 radical (unpaired) electrons. The van der Waals surface area contributed by atoms with Crippen LogP contribution in [-0.2, 0) is 18.9 Å². The first-order valence-corrected chi connectivity index (χ1v) is 14.7. The summed E-state index contributed by atoms with van der Waals surface area (Å²) in [6.45, 7) is 14.6. The lowest BCUT2D eigenvalue weighted by Crippen LogP contribution is -2.60. The van der Waals surface area contributed by atoms with Crippen molar-refractivity contribution in [1.29, 1.82) is 0 Å². The van der Waals surface area contributed by atoms with E-state index in [2.05, 4.69) is 34.6 Å². The van der Waals surface area contributed by atoms with E-state index in [0.29, 0.717) is 18.3 Å². The highest BCUT2D eigenvalue weighted by molar-refractivity contribution is 4.96. The van der Waals surface area contributed by atoms with E-state index in [1.54, 1.807) is 6.92 Å². The Morgan fingerprint density at radius 2 is 1.61 bits per heavy atom. The van der Waals surface area contributed by atoms with Crippen molar-refractivity contribution in [3.8, 4) is 0 Å². The van der Waals surface area contributed by atoms with Gasteiger partial charge in [0.1, 0.15) is 12.2 Å². The van der Waals surface area contributed by atoms with Gasteiger partial charge in [0.15, 0.2) is 12.6 Å². The normalized spacial score (nSPS) is 47.0. The average Bonchev–Trinajstić information content (AvgIpc) is 2.84. The van der Waals surface area contributed by atoms with Crippen LogP contribution in [0.2, 0.25) is 0 Å². The average molecular weight is 515 g/mol. The standard InChI is InChI=1S/C29H54O7/c1-8-11-12-20-13-14-22(17(4)9-2)34-27(20)35-25-18(5)15-19(6)26(24(25)31)36-28-23(30)21(10-3)29(7,32)16-33-28/h17-28,30-32H,8-16H2,1-7H3/t17?,18-,19+,20+,21+,22-,23+,24-,25?,26?,27?,28?,29-/m0/s1. The lowest BCUT2D eigenvalue weighted by atomic mass is 9.76. The second-order valence-corrected chi connectivity index (χ2v) is 12.3. The van der Waals surface area contributed by atoms with E-state index in [0.717, 1.165) is 44.9 Å². The molecule has 7 nitrogen and oxygen atoms in total. The van der Waals surface area contributed by atoms with Gasteiger partial charge in [0.05, 0.1) is 30.5 Å². The SMILES string of the molecule is CCCC[C@@H]1CC[C@@H](C(C)CC)OC1OC1[C@H](O)C(OC2OC[C@](C)(O)[C@H](CC)[C@H]2O)[C@H](C)C[C@@H]1C. The second kappa shape index (κ2) is 13.2. The van der Waals surface area contributed by atoms with Crippen molar-refractivity contribution >= 4 is 0 Å². The largest absolute Gasteiger partial charge is 0.388 e. The molecule has 36 heavy (non-hydrogen) atoms. The molecule has 1 saturated carbocycles. The summed E-state index contributed by atoms with van der Waals surface area (Å²) in [6, 6.07) is 0. The maximum Gasteiger partial charge on any atom is 0.184 e. The van der Waals surface area contributed by atoms with Gasteiger partial charge < -0.3 is 34.3 Å². The molecule has 0 aromatic heterocycles. The zero-order chi connectivity index (χ0) is 26.6. The molecule has 2 saturated heterocycles. The van der Waals surface area contributed by atoms with E-state index in [1.807, 2.05) is 6.92 Å². The Morgan fingerprint density at radius 3 is 2.19 bits per heavy atom. The minimum absolute atomic E-state index is 0.0733. The minimum Gasteiger partial charge on any atom is -0.388 e. The summed E-state index contributed by atoms with van der Waals surface area (Å²) in [5.74, 6) is 0.673. The zero-order valence-corrected chi connectivity index (χ0v) is 23.8. The van der Waals surface area contributed by atoms with E-state index in [4.69, 9.17) is 18.9 Å². The molecule has 0 bridgehead atoms. The fraction of sp³-hybridized carbons (Fsp3) is 1.00. The smallest absolute Gasteiger partial charge is 0.184 e. The predicted octanol–water partition coefficient (Wildman–Crippen LogP) is 4.65. The molecule has 13 atom stereocenters. The maximum atomic E-state index is 11.5. The van der Waals surface area contributed by atoms with Crippen LogP contribution < -0.4 is 0 Å². The Hall–Kier alpha value is -0.280. The molecule has 3 rings (SSSR count). The van der Waals surface area contributed by atoms with E-state index < -0.39 is 36.3 Å². The predicted molar refractivity (Wildman–Crippen MR) is 139 cm³/mol. The van der Waals surface area contributed by atoms with E-state index in [9.17, 15) is 15.3 Å². The third kappa shape index (κ3) is 6.83. The van der Waals surface area contributed by atoms with Gasteiger partial charge in [0, 0.05) is 11.8 Å². The van der Waals surface area contributed by atoms with Gasteiger partial charge in [-0.25, -0.2) is 0 Å². The third-order valence-electron chi connectivity index (χ3n) is 9.31. The molecule has 2 aliphatic heterocycles. The Kier molecular flexibility index (Phi) is 11.1. The summed E-state index contributed by atoms with van der Waals surface area (Å²) in [5.41, 5.74) is -1.11. The summed E-state index contributed by atoms with van der Waals surface area (Å²) < 4.78 is 25.3. The minimum atomic E-state index is -1.11. The summed E-state index contributed by atoms with van der Waals surface area (Å²) in [7, 11) is 0. The first-order chi connectivity index (χ1) is 17.0. The van der Waals surface area contributed by atoms with Crippen molar-refractivity contribution < 1.29 is 34.3 Å². The Bertz CT molecular complexity index is 658. The van der Waals surface area contributed by atoms with Crippen LogP contribution in [0, 0.1) is 29.6 Å². The number of unbranched alkanes of at least 4 members (excludes halogenated alkanes) is 1. The highest BCUT2D eigenvalue weighted by Gasteiger charge is 2.50. The molecule has 3 aliphatic rings. The van der Waals surface area contributed by atoms with Crippen LogP contribution in [0.15, 0.2) is 0 Å². The number of rotatable bonds is 10. The van der Waals surface area contributed by atoms with E-state index in [1.165, 1.54) is 0 Å². The van der Waals surface area contributed by atoms with E-state index >= 15 is 0 Å². The van der Waals surface area contributed by atoms with Crippen LogP contribution in [-0.4, -0.2) is 70.6 Å². The summed E-state index contributed by atoms with van der Waals surface area (Å²) >= 11 is 0.